The van der Waals surface area contributed by atoms with Crippen molar-refractivity contribution >= 4 is 17.7 Å². The second-order valence-electron chi connectivity index (χ2n) is 3.85. The Hall–Kier alpha value is -2.29. The van der Waals surface area contributed by atoms with Gasteiger partial charge in [0.25, 0.3) is 6.43 Å². The van der Waals surface area contributed by atoms with Crippen LogP contribution in [0.25, 0.3) is 0 Å². The van der Waals surface area contributed by atoms with Crippen LogP contribution in [0.5, 0.6) is 0 Å². The number of amides is 2. The number of carbonyl (C=O) groups is 2. The van der Waals surface area contributed by atoms with Gasteiger partial charge in [0.15, 0.2) is 0 Å². The summed E-state index contributed by atoms with van der Waals surface area (Å²) < 4.78 is 41.1. The van der Waals surface area contributed by atoms with Crippen molar-refractivity contribution in [1.29, 1.82) is 0 Å². The van der Waals surface area contributed by atoms with E-state index in [0.29, 0.717) is 0 Å². The molecule has 0 unspecified atom stereocenters. The van der Waals surface area contributed by atoms with E-state index in [0.717, 1.165) is 12.1 Å². The molecule has 0 saturated heterocycles. The second-order valence-corrected chi connectivity index (χ2v) is 3.85. The molecule has 0 radical (unpaired) electrons. The van der Waals surface area contributed by atoms with Gasteiger partial charge in [-0.3, -0.25) is 0 Å². The first-order valence-electron chi connectivity index (χ1n) is 5.83. The molecule has 0 aliphatic rings. The molecule has 0 aromatic heterocycles. The highest BCUT2D eigenvalue weighted by Crippen LogP contribution is 2.14. The summed E-state index contributed by atoms with van der Waals surface area (Å²) in [5, 5.41) is 13.3. The Labute approximate surface area is 117 Å². The molecule has 3 N–H and O–H groups in total. The molecule has 0 aliphatic carbocycles. The van der Waals surface area contributed by atoms with Gasteiger partial charge in [-0.1, -0.05) is 0 Å². The third kappa shape index (κ3) is 6.13. The molecule has 0 bridgehead atoms. The molecular weight excluding hydrogens is 293 g/mol. The van der Waals surface area contributed by atoms with E-state index >= 15 is 0 Å². The molecule has 0 atom stereocenters. The van der Waals surface area contributed by atoms with Crippen LogP contribution in [0.2, 0.25) is 0 Å². The van der Waals surface area contributed by atoms with Gasteiger partial charge in [0.2, 0.25) is 0 Å². The van der Waals surface area contributed by atoms with E-state index in [1.165, 1.54) is 6.07 Å². The molecule has 116 valence electrons. The first-order chi connectivity index (χ1) is 9.90. The fourth-order valence-corrected chi connectivity index (χ4v) is 1.35. The van der Waals surface area contributed by atoms with Gasteiger partial charge in [0.1, 0.15) is 12.4 Å². The van der Waals surface area contributed by atoms with Crippen LogP contribution < -0.4 is 10.6 Å². The molecule has 2 amide bonds. The van der Waals surface area contributed by atoms with Gasteiger partial charge >= 0.3 is 12.0 Å². The highest BCUT2D eigenvalue weighted by Gasteiger charge is 2.11. The molecule has 21 heavy (non-hydrogen) atoms. The zero-order chi connectivity index (χ0) is 15.8. The van der Waals surface area contributed by atoms with Gasteiger partial charge in [-0.2, -0.15) is 0 Å². The Morgan fingerprint density at radius 1 is 1.33 bits per heavy atom. The predicted molar refractivity (Wildman–Crippen MR) is 67.2 cm³/mol. The van der Waals surface area contributed by atoms with E-state index in [1.54, 1.807) is 0 Å². The summed E-state index contributed by atoms with van der Waals surface area (Å²) in [6.07, 6.45) is -2.58. The number of benzene rings is 1. The molecule has 9 heteroatoms. The fraction of sp³-hybridized carbons (Fsp3) is 0.333. The Balaban J connectivity index is 2.41. The number of anilines is 1. The van der Waals surface area contributed by atoms with E-state index in [4.69, 9.17) is 5.11 Å². The van der Waals surface area contributed by atoms with Crippen molar-refractivity contribution in [3.63, 3.8) is 0 Å². The molecule has 1 aromatic carbocycles. The molecule has 0 aliphatic heterocycles. The third-order valence-electron chi connectivity index (χ3n) is 2.23. The number of halogens is 3. The molecule has 1 rings (SSSR count). The number of carbonyl (C=O) groups excluding carboxylic acids is 1. The number of hydrogen-bond acceptors (Lipinski definition) is 3. The number of urea groups is 1. The van der Waals surface area contributed by atoms with Crippen LogP contribution in [-0.4, -0.2) is 43.3 Å². The smallest absolute Gasteiger partial charge is 0.338 e. The largest absolute Gasteiger partial charge is 0.478 e. The molecule has 0 saturated carbocycles. The molecule has 6 nitrogen and oxygen atoms in total. The lowest BCUT2D eigenvalue weighted by Gasteiger charge is -2.09. The zero-order valence-corrected chi connectivity index (χ0v) is 10.7. The van der Waals surface area contributed by atoms with Crippen molar-refractivity contribution in [2.75, 3.05) is 25.1 Å². The second kappa shape index (κ2) is 8.10. The highest BCUT2D eigenvalue weighted by atomic mass is 19.3. The summed E-state index contributed by atoms with van der Waals surface area (Å²) in [4.78, 5) is 22.1. The molecule has 0 heterocycles. The lowest BCUT2D eigenvalue weighted by Crippen LogP contribution is -2.32. The van der Waals surface area contributed by atoms with Crippen molar-refractivity contribution in [2.45, 2.75) is 6.43 Å². The lowest BCUT2D eigenvalue weighted by atomic mass is 10.2. The third-order valence-corrected chi connectivity index (χ3v) is 2.23. The highest BCUT2D eigenvalue weighted by molar-refractivity contribution is 5.93. The Morgan fingerprint density at radius 3 is 2.67 bits per heavy atom. The number of ether oxygens (including phenoxy) is 1. The van der Waals surface area contributed by atoms with Crippen LogP contribution in [0.4, 0.5) is 23.7 Å². The maximum absolute atomic E-state index is 13.1. The van der Waals surface area contributed by atoms with E-state index in [-0.39, 0.29) is 18.8 Å². The number of nitrogens with one attached hydrogen (secondary N) is 2. The van der Waals surface area contributed by atoms with Gasteiger partial charge in [0.05, 0.1) is 12.2 Å². The Bertz CT molecular complexity index is 511. The van der Waals surface area contributed by atoms with Gasteiger partial charge in [-0.25, -0.2) is 22.8 Å². The Morgan fingerprint density at radius 2 is 2.05 bits per heavy atom. The van der Waals surface area contributed by atoms with Crippen LogP contribution in [0, 0.1) is 5.82 Å². The summed E-state index contributed by atoms with van der Waals surface area (Å²) in [5.74, 6) is -2.38. The SMILES string of the molecule is O=C(NCCOCC(F)F)Nc1ccc(F)c(C(=O)O)c1. The van der Waals surface area contributed by atoms with Crippen molar-refractivity contribution in [1.82, 2.24) is 5.32 Å². The summed E-state index contributed by atoms with van der Waals surface area (Å²) in [6.45, 7) is -0.823. The van der Waals surface area contributed by atoms with Gasteiger partial charge in [-0.15, -0.1) is 0 Å². The zero-order valence-electron chi connectivity index (χ0n) is 10.7. The van der Waals surface area contributed by atoms with E-state index < -0.39 is 36.4 Å². The monoisotopic (exact) mass is 306 g/mol. The average molecular weight is 306 g/mol. The van der Waals surface area contributed by atoms with E-state index in [9.17, 15) is 22.8 Å². The van der Waals surface area contributed by atoms with Crippen molar-refractivity contribution in [2.24, 2.45) is 0 Å². The lowest BCUT2D eigenvalue weighted by molar-refractivity contribution is 0.0194. The van der Waals surface area contributed by atoms with Crippen LogP contribution in [0.3, 0.4) is 0 Å². The summed E-state index contributed by atoms with van der Waals surface area (Å²) in [5.41, 5.74) is -0.493. The number of hydrogen-bond donors (Lipinski definition) is 3. The van der Waals surface area contributed by atoms with Gasteiger partial charge in [-0.05, 0) is 18.2 Å². The standard InChI is InChI=1S/C12H13F3N2O4/c13-9-2-1-7(5-8(9)11(18)19)17-12(20)16-3-4-21-6-10(14)15/h1-2,5,10H,3-4,6H2,(H,18,19)(H2,16,17,20). The maximum Gasteiger partial charge on any atom is 0.338 e. The van der Waals surface area contributed by atoms with Crippen LogP contribution in [0.1, 0.15) is 10.4 Å². The number of carboxylic acid groups (broad SMARTS) is 1. The summed E-state index contributed by atoms with van der Waals surface area (Å²) in [6, 6.07) is 2.36. The first-order valence-corrected chi connectivity index (χ1v) is 5.83. The van der Waals surface area contributed by atoms with Crippen LogP contribution in [-0.2, 0) is 4.74 Å². The topological polar surface area (TPSA) is 87.7 Å². The molecule has 1 aromatic rings. The van der Waals surface area contributed by atoms with Gasteiger partial charge < -0.3 is 20.5 Å². The number of alkyl halides is 2. The normalized spacial score (nSPS) is 10.5. The minimum absolute atomic E-state index is 0.00840. The van der Waals surface area contributed by atoms with Gasteiger partial charge in [0, 0.05) is 12.2 Å². The number of carboxylic acids is 1. The van der Waals surface area contributed by atoms with Crippen LogP contribution in [0.15, 0.2) is 18.2 Å². The fourth-order valence-electron chi connectivity index (χ4n) is 1.35. The molecular formula is C12H13F3N2O4. The maximum atomic E-state index is 13.1. The van der Waals surface area contributed by atoms with Crippen molar-refractivity contribution < 1.29 is 32.6 Å². The molecule has 0 spiro atoms. The van der Waals surface area contributed by atoms with Crippen molar-refractivity contribution in [3.05, 3.63) is 29.6 Å². The minimum atomic E-state index is -2.58. The van der Waals surface area contributed by atoms with Crippen molar-refractivity contribution in [3.8, 4) is 0 Å². The predicted octanol–water partition coefficient (Wildman–Crippen LogP) is 1.93. The quantitative estimate of drug-likeness (QED) is 0.672. The first kappa shape index (κ1) is 16.8. The Kier molecular flexibility index (Phi) is 6.47. The average Bonchev–Trinajstić information content (AvgIpc) is 2.40. The van der Waals surface area contributed by atoms with E-state index in [1.807, 2.05) is 0 Å². The van der Waals surface area contributed by atoms with Crippen LogP contribution >= 0.6 is 0 Å². The minimum Gasteiger partial charge on any atom is -0.478 e. The summed E-state index contributed by atoms with van der Waals surface area (Å²) >= 11 is 0. The summed E-state index contributed by atoms with van der Waals surface area (Å²) in [7, 11) is 0. The molecule has 0 fully saturated rings. The van der Waals surface area contributed by atoms with E-state index in [2.05, 4.69) is 15.4 Å². The number of rotatable bonds is 7. The number of aromatic carboxylic acids is 1.